The lowest BCUT2D eigenvalue weighted by molar-refractivity contribution is 0.501. The van der Waals surface area contributed by atoms with E-state index >= 15 is 0 Å². The van der Waals surface area contributed by atoms with Crippen molar-refractivity contribution in [2.75, 3.05) is 12.4 Å². The summed E-state index contributed by atoms with van der Waals surface area (Å²) in [5.41, 5.74) is 1.30. The Morgan fingerprint density at radius 1 is 1.40 bits per heavy atom. The van der Waals surface area contributed by atoms with Gasteiger partial charge < -0.3 is 5.32 Å². The highest BCUT2D eigenvalue weighted by molar-refractivity contribution is 9.10. The molecule has 0 radical (unpaired) electrons. The van der Waals surface area contributed by atoms with Crippen molar-refractivity contribution in [3.8, 4) is 0 Å². The van der Waals surface area contributed by atoms with Crippen molar-refractivity contribution in [3.63, 3.8) is 0 Å². The molecule has 0 saturated heterocycles. The molecular weight excluding hydrogens is 273 g/mol. The molecule has 0 spiro atoms. The maximum Gasteiger partial charge on any atom is 0.0226 e. The lowest BCUT2D eigenvalue weighted by Gasteiger charge is -2.11. The molecule has 3 heteroatoms. The summed E-state index contributed by atoms with van der Waals surface area (Å²) in [5.74, 6) is 1.39. The van der Waals surface area contributed by atoms with Gasteiger partial charge in [-0.2, -0.15) is 0 Å². The van der Waals surface area contributed by atoms with Crippen molar-refractivity contribution in [2.24, 2.45) is 5.92 Å². The molecule has 1 unspecified atom stereocenters. The molecule has 1 aromatic rings. The Bertz CT molecular complexity index is 291. The van der Waals surface area contributed by atoms with Gasteiger partial charge in [0.05, 0.1) is 0 Å². The minimum Gasteiger partial charge on any atom is -0.312 e. The summed E-state index contributed by atoms with van der Waals surface area (Å²) in [6.07, 6.45) is 1.07. The fourth-order valence-electron chi connectivity index (χ4n) is 1.38. The molecule has 1 aromatic carbocycles. The van der Waals surface area contributed by atoms with Crippen molar-refractivity contribution in [2.45, 2.75) is 19.9 Å². The molecule has 84 valence electrons. The monoisotopic (exact) mass is 289 g/mol. The first-order valence-corrected chi connectivity index (χ1v) is 6.57. The Balaban J connectivity index is 2.29. The van der Waals surface area contributed by atoms with Gasteiger partial charge in [-0.1, -0.05) is 41.1 Å². The van der Waals surface area contributed by atoms with E-state index in [2.05, 4.69) is 46.4 Å². The molecule has 1 atom stereocenters. The molecule has 0 amide bonds. The van der Waals surface area contributed by atoms with E-state index in [1.165, 1.54) is 10.0 Å². The van der Waals surface area contributed by atoms with Crippen LogP contribution in [0.1, 0.15) is 18.9 Å². The molecule has 1 nitrogen and oxygen atoms in total. The van der Waals surface area contributed by atoms with Gasteiger partial charge in [-0.25, -0.2) is 0 Å². The summed E-state index contributed by atoms with van der Waals surface area (Å²) in [5, 5.41) is 3.44. The molecule has 15 heavy (non-hydrogen) atoms. The average molecular weight is 291 g/mol. The highest BCUT2D eigenvalue weighted by Gasteiger charge is 2.01. The maximum atomic E-state index is 5.68. The molecule has 1 rings (SSSR count). The number of rotatable bonds is 6. The van der Waals surface area contributed by atoms with Crippen LogP contribution in [0, 0.1) is 5.92 Å². The van der Waals surface area contributed by atoms with Gasteiger partial charge >= 0.3 is 0 Å². The normalized spacial score (nSPS) is 12.7. The topological polar surface area (TPSA) is 12.0 Å². The summed E-state index contributed by atoms with van der Waals surface area (Å²) < 4.78 is 1.17. The van der Waals surface area contributed by atoms with Crippen LogP contribution in [0.5, 0.6) is 0 Å². The number of halogens is 2. The van der Waals surface area contributed by atoms with E-state index < -0.39 is 0 Å². The minimum absolute atomic E-state index is 0.644. The van der Waals surface area contributed by atoms with E-state index in [1.54, 1.807) is 0 Å². The summed E-state index contributed by atoms with van der Waals surface area (Å²) in [6, 6.07) is 8.29. The first-order valence-electron chi connectivity index (χ1n) is 5.24. The predicted molar refractivity (Wildman–Crippen MR) is 70.3 cm³/mol. The number of hydrogen-bond acceptors (Lipinski definition) is 1. The Labute approximate surface area is 105 Å². The van der Waals surface area contributed by atoms with Gasteiger partial charge in [0.25, 0.3) is 0 Å². The molecule has 0 saturated carbocycles. The van der Waals surface area contributed by atoms with Crippen LogP contribution in [-0.4, -0.2) is 12.4 Å². The third-order valence-electron chi connectivity index (χ3n) is 2.37. The van der Waals surface area contributed by atoms with Gasteiger partial charge in [0.15, 0.2) is 0 Å². The van der Waals surface area contributed by atoms with Crippen LogP contribution in [0.3, 0.4) is 0 Å². The quantitative estimate of drug-likeness (QED) is 0.786. The first-order chi connectivity index (χ1) is 7.24. The lowest BCUT2D eigenvalue weighted by Crippen LogP contribution is -2.21. The van der Waals surface area contributed by atoms with Gasteiger partial charge in [0, 0.05) is 16.9 Å². The van der Waals surface area contributed by atoms with E-state index in [-0.39, 0.29) is 0 Å². The molecule has 0 aliphatic carbocycles. The average Bonchev–Trinajstić information content (AvgIpc) is 2.21. The number of benzene rings is 1. The molecule has 0 aromatic heterocycles. The van der Waals surface area contributed by atoms with Gasteiger partial charge in [0.1, 0.15) is 0 Å². The Morgan fingerprint density at radius 3 is 2.80 bits per heavy atom. The Morgan fingerprint density at radius 2 is 2.13 bits per heavy atom. The molecule has 0 aliphatic heterocycles. The largest absolute Gasteiger partial charge is 0.312 e. The third kappa shape index (κ3) is 5.01. The Kier molecular flexibility index (Phi) is 6.30. The molecule has 0 heterocycles. The second-order valence-electron chi connectivity index (χ2n) is 3.81. The maximum absolute atomic E-state index is 5.68. The van der Waals surface area contributed by atoms with Crippen LogP contribution >= 0.6 is 27.5 Å². The number of nitrogens with one attached hydrogen (secondary N) is 1. The zero-order valence-corrected chi connectivity index (χ0v) is 11.3. The van der Waals surface area contributed by atoms with Crippen LogP contribution in [0.25, 0.3) is 0 Å². The predicted octanol–water partition coefficient (Wildman–Crippen LogP) is 3.80. The second kappa shape index (κ2) is 7.26. The third-order valence-corrected chi connectivity index (χ3v) is 3.36. The smallest absolute Gasteiger partial charge is 0.0226 e. The van der Waals surface area contributed by atoms with E-state index in [9.17, 15) is 0 Å². The summed E-state index contributed by atoms with van der Waals surface area (Å²) in [4.78, 5) is 0. The van der Waals surface area contributed by atoms with Crippen LogP contribution in [0.15, 0.2) is 28.7 Å². The van der Waals surface area contributed by atoms with Gasteiger partial charge in [-0.05, 0) is 30.5 Å². The first kappa shape index (κ1) is 13.0. The Hall–Kier alpha value is -0.0500. The van der Waals surface area contributed by atoms with Crippen molar-refractivity contribution in [1.29, 1.82) is 0 Å². The SMILES string of the molecule is CC(CCCl)CNCc1ccccc1Br. The molecular formula is C12H17BrClN. The lowest BCUT2D eigenvalue weighted by atomic mass is 10.1. The van der Waals surface area contributed by atoms with Gasteiger partial charge in [-0.15, -0.1) is 11.6 Å². The molecule has 0 aliphatic rings. The molecule has 1 N–H and O–H groups in total. The standard InChI is InChI=1S/C12H17BrClN/c1-10(6-7-14)8-15-9-11-4-2-3-5-12(11)13/h2-5,10,15H,6-9H2,1H3. The minimum atomic E-state index is 0.644. The fraction of sp³-hybridized carbons (Fsp3) is 0.500. The summed E-state index contributed by atoms with van der Waals surface area (Å²) in [7, 11) is 0. The van der Waals surface area contributed by atoms with Crippen molar-refractivity contribution in [1.82, 2.24) is 5.32 Å². The molecule has 0 bridgehead atoms. The van der Waals surface area contributed by atoms with Crippen LogP contribution in [0.2, 0.25) is 0 Å². The zero-order chi connectivity index (χ0) is 11.1. The number of alkyl halides is 1. The van der Waals surface area contributed by atoms with Crippen molar-refractivity contribution < 1.29 is 0 Å². The van der Waals surface area contributed by atoms with Crippen molar-refractivity contribution >= 4 is 27.5 Å². The second-order valence-corrected chi connectivity index (χ2v) is 5.04. The van der Waals surface area contributed by atoms with Gasteiger partial charge in [0.2, 0.25) is 0 Å². The fourth-order valence-corrected chi connectivity index (χ4v) is 2.18. The highest BCUT2D eigenvalue weighted by Crippen LogP contribution is 2.15. The van der Waals surface area contributed by atoms with Gasteiger partial charge in [-0.3, -0.25) is 0 Å². The zero-order valence-electron chi connectivity index (χ0n) is 8.97. The van der Waals surface area contributed by atoms with E-state index in [0.717, 1.165) is 25.4 Å². The van der Waals surface area contributed by atoms with Crippen LogP contribution < -0.4 is 5.32 Å². The van der Waals surface area contributed by atoms with Crippen LogP contribution in [0.4, 0.5) is 0 Å². The molecule has 0 fully saturated rings. The summed E-state index contributed by atoms with van der Waals surface area (Å²) >= 11 is 9.22. The number of hydrogen-bond donors (Lipinski definition) is 1. The van der Waals surface area contributed by atoms with Crippen LogP contribution in [-0.2, 0) is 6.54 Å². The van der Waals surface area contributed by atoms with E-state index in [4.69, 9.17) is 11.6 Å². The van der Waals surface area contributed by atoms with Crippen molar-refractivity contribution in [3.05, 3.63) is 34.3 Å². The highest BCUT2D eigenvalue weighted by atomic mass is 79.9. The van der Waals surface area contributed by atoms with E-state index in [0.29, 0.717) is 5.92 Å². The summed E-state index contributed by atoms with van der Waals surface area (Å²) in [6.45, 7) is 4.15. The van der Waals surface area contributed by atoms with E-state index in [1.807, 2.05) is 6.07 Å².